The minimum Gasteiger partial charge on any atom is -0.466 e. The van der Waals surface area contributed by atoms with Gasteiger partial charge in [0.25, 0.3) is 0 Å². The molecule has 4 nitrogen and oxygen atoms in total. The Morgan fingerprint density at radius 2 is 2.13 bits per heavy atom. The van der Waals surface area contributed by atoms with E-state index in [2.05, 4.69) is 5.16 Å². The van der Waals surface area contributed by atoms with Gasteiger partial charge in [0.15, 0.2) is 0 Å². The molecule has 4 heteroatoms. The maximum atomic E-state index is 11.4. The van der Waals surface area contributed by atoms with Gasteiger partial charge in [0.1, 0.15) is 0 Å². The summed E-state index contributed by atoms with van der Waals surface area (Å²) in [5.41, 5.74) is -0.265. The van der Waals surface area contributed by atoms with Gasteiger partial charge in [0.2, 0.25) is 0 Å². The van der Waals surface area contributed by atoms with Crippen LogP contribution in [0.15, 0.2) is 5.16 Å². The van der Waals surface area contributed by atoms with E-state index in [1.807, 2.05) is 0 Å². The lowest BCUT2D eigenvalue weighted by molar-refractivity contribution is -0.145. The number of hydrogen-bond acceptors (Lipinski definition) is 4. The molecule has 0 aromatic rings. The molecule has 1 aliphatic rings. The van der Waals surface area contributed by atoms with Crippen molar-refractivity contribution in [3.05, 3.63) is 0 Å². The van der Waals surface area contributed by atoms with Gasteiger partial charge in [-0.1, -0.05) is 19.3 Å². The van der Waals surface area contributed by atoms with Gasteiger partial charge in [-0.25, -0.2) is 0 Å². The number of oxime groups is 1. The fourth-order valence-corrected chi connectivity index (χ4v) is 2.23. The van der Waals surface area contributed by atoms with Crippen LogP contribution >= 0.6 is 0 Å². The van der Waals surface area contributed by atoms with Crippen LogP contribution < -0.4 is 0 Å². The molecule has 0 bridgehead atoms. The first-order chi connectivity index (χ1) is 7.22. The summed E-state index contributed by atoms with van der Waals surface area (Å²) in [6.07, 6.45) is 7.06. The van der Waals surface area contributed by atoms with E-state index in [-0.39, 0.29) is 11.4 Å². The molecule has 0 spiro atoms. The molecule has 0 aromatic heterocycles. The van der Waals surface area contributed by atoms with Crippen LogP contribution in [0.3, 0.4) is 0 Å². The van der Waals surface area contributed by atoms with Crippen molar-refractivity contribution in [2.45, 2.75) is 45.4 Å². The van der Waals surface area contributed by atoms with Crippen molar-refractivity contribution in [1.29, 1.82) is 0 Å². The van der Waals surface area contributed by atoms with Gasteiger partial charge in [-0.3, -0.25) is 4.79 Å². The van der Waals surface area contributed by atoms with Gasteiger partial charge in [0.05, 0.1) is 19.2 Å². The zero-order valence-electron chi connectivity index (χ0n) is 9.24. The van der Waals surface area contributed by atoms with Crippen molar-refractivity contribution >= 4 is 12.2 Å². The average Bonchev–Trinajstić information content (AvgIpc) is 2.19. The SMILES string of the molecule is CCOC(=O)CC1(C=NO)CCCCC1. The fourth-order valence-electron chi connectivity index (χ4n) is 2.23. The van der Waals surface area contributed by atoms with Gasteiger partial charge in [-0.2, -0.15) is 0 Å². The van der Waals surface area contributed by atoms with Crippen LogP contribution in [-0.4, -0.2) is 24.0 Å². The van der Waals surface area contributed by atoms with Crippen LogP contribution in [0, 0.1) is 5.41 Å². The predicted molar refractivity (Wildman–Crippen MR) is 57.0 cm³/mol. The molecule has 1 aliphatic carbocycles. The quantitative estimate of drug-likeness (QED) is 0.337. The molecular formula is C11H19NO3. The zero-order chi connectivity index (χ0) is 11.1. The monoisotopic (exact) mass is 213 g/mol. The first-order valence-electron chi connectivity index (χ1n) is 5.57. The first-order valence-corrected chi connectivity index (χ1v) is 5.57. The molecule has 1 saturated carbocycles. The Morgan fingerprint density at radius 1 is 1.47 bits per heavy atom. The molecule has 0 saturated heterocycles. The van der Waals surface area contributed by atoms with E-state index in [4.69, 9.17) is 9.94 Å². The van der Waals surface area contributed by atoms with Gasteiger partial charge in [0, 0.05) is 5.41 Å². The molecule has 0 aliphatic heterocycles. The number of carbonyl (C=O) groups is 1. The van der Waals surface area contributed by atoms with Crippen molar-refractivity contribution < 1.29 is 14.7 Å². The molecular weight excluding hydrogens is 194 g/mol. The van der Waals surface area contributed by atoms with E-state index in [1.54, 1.807) is 6.92 Å². The Morgan fingerprint density at radius 3 is 2.67 bits per heavy atom. The largest absolute Gasteiger partial charge is 0.466 e. The van der Waals surface area contributed by atoms with E-state index >= 15 is 0 Å². The maximum absolute atomic E-state index is 11.4. The lowest BCUT2D eigenvalue weighted by Crippen LogP contribution is -2.29. The molecule has 0 unspecified atom stereocenters. The third-order valence-corrected chi connectivity index (χ3v) is 2.98. The third kappa shape index (κ3) is 3.53. The van der Waals surface area contributed by atoms with Crippen molar-refractivity contribution in [2.24, 2.45) is 10.6 Å². The van der Waals surface area contributed by atoms with Crippen LogP contribution in [0.5, 0.6) is 0 Å². The number of carbonyl (C=O) groups excluding carboxylic acids is 1. The van der Waals surface area contributed by atoms with Crippen molar-refractivity contribution in [3.8, 4) is 0 Å². The smallest absolute Gasteiger partial charge is 0.306 e. The number of rotatable bonds is 4. The van der Waals surface area contributed by atoms with Gasteiger partial charge < -0.3 is 9.94 Å². The second-order valence-electron chi connectivity index (χ2n) is 4.15. The molecule has 1 N–H and O–H groups in total. The number of esters is 1. The number of ether oxygens (including phenoxy) is 1. The minimum absolute atomic E-state index is 0.195. The molecule has 0 aromatic carbocycles. The van der Waals surface area contributed by atoms with Crippen LogP contribution in [-0.2, 0) is 9.53 Å². The summed E-state index contributed by atoms with van der Waals surface area (Å²) >= 11 is 0. The highest BCUT2D eigenvalue weighted by Crippen LogP contribution is 2.37. The summed E-state index contributed by atoms with van der Waals surface area (Å²) in [7, 11) is 0. The van der Waals surface area contributed by atoms with Crippen molar-refractivity contribution in [2.75, 3.05) is 6.61 Å². The Labute approximate surface area is 90.3 Å². The molecule has 15 heavy (non-hydrogen) atoms. The summed E-state index contributed by atoms with van der Waals surface area (Å²) in [5.74, 6) is -0.195. The standard InChI is InChI=1S/C11H19NO3/c1-2-15-10(13)8-11(9-12-14)6-4-3-5-7-11/h9,14H,2-8H2,1H3. The second kappa shape index (κ2) is 5.73. The zero-order valence-corrected chi connectivity index (χ0v) is 9.24. The minimum atomic E-state index is -0.265. The highest BCUT2D eigenvalue weighted by molar-refractivity contribution is 5.77. The second-order valence-corrected chi connectivity index (χ2v) is 4.15. The molecule has 1 fully saturated rings. The molecule has 0 heterocycles. The summed E-state index contributed by atoms with van der Waals surface area (Å²) in [5, 5.41) is 11.8. The Bertz CT molecular complexity index is 232. The van der Waals surface area contributed by atoms with Crippen molar-refractivity contribution in [3.63, 3.8) is 0 Å². The predicted octanol–water partition coefficient (Wildman–Crippen LogP) is 2.35. The van der Waals surface area contributed by atoms with E-state index in [1.165, 1.54) is 12.6 Å². The Kier molecular flexibility index (Phi) is 4.59. The highest BCUT2D eigenvalue weighted by atomic mass is 16.5. The number of nitrogens with zero attached hydrogens (tertiary/aromatic N) is 1. The topological polar surface area (TPSA) is 58.9 Å². The van der Waals surface area contributed by atoms with Gasteiger partial charge in [-0.05, 0) is 19.8 Å². The normalized spacial score (nSPS) is 20.3. The lowest BCUT2D eigenvalue weighted by Gasteiger charge is -2.32. The summed E-state index contributed by atoms with van der Waals surface area (Å²) < 4.78 is 4.93. The Balaban J connectivity index is 2.59. The molecule has 0 amide bonds. The summed E-state index contributed by atoms with van der Waals surface area (Å²) in [4.78, 5) is 11.4. The van der Waals surface area contributed by atoms with Crippen LogP contribution in [0.1, 0.15) is 45.4 Å². The number of hydrogen-bond donors (Lipinski definition) is 1. The van der Waals surface area contributed by atoms with Crippen LogP contribution in [0.2, 0.25) is 0 Å². The summed E-state index contributed by atoms with van der Waals surface area (Å²) in [6, 6.07) is 0. The fraction of sp³-hybridized carbons (Fsp3) is 0.818. The first kappa shape index (κ1) is 12.0. The molecule has 0 radical (unpaired) electrons. The van der Waals surface area contributed by atoms with E-state index in [0.717, 1.165) is 25.7 Å². The van der Waals surface area contributed by atoms with Gasteiger partial charge in [-0.15, -0.1) is 5.16 Å². The third-order valence-electron chi connectivity index (χ3n) is 2.98. The van der Waals surface area contributed by atoms with E-state index in [0.29, 0.717) is 13.0 Å². The van der Waals surface area contributed by atoms with E-state index < -0.39 is 0 Å². The highest BCUT2D eigenvalue weighted by Gasteiger charge is 2.33. The van der Waals surface area contributed by atoms with Gasteiger partial charge >= 0.3 is 5.97 Å². The molecule has 1 rings (SSSR count). The summed E-state index contributed by atoms with van der Waals surface area (Å²) in [6.45, 7) is 2.21. The van der Waals surface area contributed by atoms with Crippen LogP contribution in [0.4, 0.5) is 0 Å². The Hall–Kier alpha value is -1.06. The van der Waals surface area contributed by atoms with E-state index in [9.17, 15) is 4.79 Å². The molecule has 0 atom stereocenters. The van der Waals surface area contributed by atoms with Crippen LogP contribution in [0.25, 0.3) is 0 Å². The molecule has 86 valence electrons. The lowest BCUT2D eigenvalue weighted by atomic mass is 9.73. The maximum Gasteiger partial charge on any atom is 0.306 e. The average molecular weight is 213 g/mol. The van der Waals surface area contributed by atoms with Crippen molar-refractivity contribution in [1.82, 2.24) is 0 Å².